The van der Waals surface area contributed by atoms with E-state index in [4.69, 9.17) is 5.73 Å². The Labute approximate surface area is 143 Å². The average Bonchev–Trinajstić information content (AvgIpc) is 3.00. The number of H-pyrrole nitrogens is 1. The summed E-state index contributed by atoms with van der Waals surface area (Å²) in [5.41, 5.74) is 8.32. The standard InChI is InChI=1S/C17H17N5OS/c1-11-7-9-13(10-8-11)19-15(23)14(12-5-3-2-4-6-12)24-17-20-16(18)21-22-17/h2-10,14H,1H3,(H,19,23)(H3,18,20,21,22). The van der Waals surface area contributed by atoms with E-state index in [0.29, 0.717) is 5.16 Å². The fraction of sp³-hybridized carbons (Fsp3) is 0.118. The van der Waals surface area contributed by atoms with Crippen LogP contribution in [0.5, 0.6) is 0 Å². The lowest BCUT2D eigenvalue weighted by Gasteiger charge is -2.15. The number of nitrogens with zero attached hydrogens (tertiary/aromatic N) is 2. The summed E-state index contributed by atoms with van der Waals surface area (Å²) in [7, 11) is 0. The average molecular weight is 339 g/mol. The van der Waals surface area contributed by atoms with Crippen LogP contribution >= 0.6 is 11.8 Å². The van der Waals surface area contributed by atoms with Gasteiger partial charge < -0.3 is 11.1 Å². The largest absolute Gasteiger partial charge is 0.368 e. The number of aromatic nitrogens is 3. The lowest BCUT2D eigenvalue weighted by molar-refractivity contribution is -0.115. The number of rotatable bonds is 5. The minimum atomic E-state index is -0.484. The normalized spacial score (nSPS) is 11.9. The van der Waals surface area contributed by atoms with E-state index in [9.17, 15) is 4.79 Å². The zero-order valence-corrected chi connectivity index (χ0v) is 13.9. The minimum Gasteiger partial charge on any atom is -0.368 e. The van der Waals surface area contributed by atoms with Crippen LogP contribution in [-0.2, 0) is 4.79 Å². The quantitative estimate of drug-likeness (QED) is 0.620. The fourth-order valence-electron chi connectivity index (χ4n) is 2.16. The molecule has 0 fully saturated rings. The molecule has 7 heteroatoms. The van der Waals surface area contributed by atoms with Crippen LogP contribution in [0.2, 0.25) is 0 Å². The number of anilines is 2. The lowest BCUT2D eigenvalue weighted by Crippen LogP contribution is -2.19. The van der Waals surface area contributed by atoms with Gasteiger partial charge in [-0.15, -0.1) is 5.10 Å². The van der Waals surface area contributed by atoms with Gasteiger partial charge >= 0.3 is 0 Å². The first-order valence-corrected chi connectivity index (χ1v) is 8.27. The Bertz CT molecular complexity index is 817. The van der Waals surface area contributed by atoms with Gasteiger partial charge in [0.25, 0.3) is 0 Å². The molecule has 0 aliphatic rings. The number of nitrogen functional groups attached to an aromatic ring is 1. The van der Waals surface area contributed by atoms with Crippen molar-refractivity contribution in [2.45, 2.75) is 17.3 Å². The maximum atomic E-state index is 12.8. The van der Waals surface area contributed by atoms with E-state index in [-0.39, 0.29) is 11.9 Å². The smallest absolute Gasteiger partial charge is 0.242 e. The lowest BCUT2D eigenvalue weighted by atomic mass is 10.1. The number of amides is 1. The molecule has 6 nitrogen and oxygen atoms in total. The number of benzene rings is 2. The van der Waals surface area contributed by atoms with Gasteiger partial charge in [-0.25, -0.2) is 5.10 Å². The molecule has 3 rings (SSSR count). The number of hydrogen-bond acceptors (Lipinski definition) is 5. The van der Waals surface area contributed by atoms with Crippen LogP contribution in [0.1, 0.15) is 16.4 Å². The summed E-state index contributed by atoms with van der Waals surface area (Å²) in [6, 6.07) is 17.2. The van der Waals surface area contributed by atoms with E-state index in [1.54, 1.807) is 0 Å². The molecule has 0 aliphatic carbocycles. The molecule has 0 saturated heterocycles. The van der Waals surface area contributed by atoms with Gasteiger partial charge in [0.1, 0.15) is 5.25 Å². The van der Waals surface area contributed by atoms with Crippen LogP contribution in [-0.4, -0.2) is 21.1 Å². The highest BCUT2D eigenvalue weighted by Gasteiger charge is 2.24. The highest BCUT2D eigenvalue weighted by molar-refractivity contribution is 8.00. The third kappa shape index (κ3) is 3.94. The van der Waals surface area contributed by atoms with Gasteiger partial charge in [0.2, 0.25) is 17.0 Å². The molecule has 0 bridgehead atoms. The van der Waals surface area contributed by atoms with Crippen LogP contribution in [0.3, 0.4) is 0 Å². The predicted molar refractivity (Wildman–Crippen MR) is 95.6 cm³/mol. The van der Waals surface area contributed by atoms with E-state index in [1.807, 2.05) is 61.5 Å². The van der Waals surface area contributed by atoms with Crippen molar-refractivity contribution < 1.29 is 4.79 Å². The van der Waals surface area contributed by atoms with E-state index in [1.165, 1.54) is 11.8 Å². The highest BCUT2D eigenvalue weighted by atomic mass is 32.2. The van der Waals surface area contributed by atoms with Crippen LogP contribution in [0.25, 0.3) is 0 Å². The number of nitrogens with one attached hydrogen (secondary N) is 2. The van der Waals surface area contributed by atoms with Crippen molar-refractivity contribution >= 4 is 29.3 Å². The van der Waals surface area contributed by atoms with E-state index < -0.39 is 5.25 Å². The monoisotopic (exact) mass is 339 g/mol. The molecule has 0 spiro atoms. The Kier molecular flexibility index (Phi) is 4.81. The number of carbonyl (C=O) groups excluding carboxylic acids is 1. The summed E-state index contributed by atoms with van der Waals surface area (Å²) in [6.07, 6.45) is 0. The van der Waals surface area contributed by atoms with Gasteiger partial charge in [0, 0.05) is 5.69 Å². The van der Waals surface area contributed by atoms with Gasteiger partial charge in [-0.2, -0.15) is 4.98 Å². The maximum Gasteiger partial charge on any atom is 0.242 e. The van der Waals surface area contributed by atoms with Crippen molar-refractivity contribution in [1.29, 1.82) is 0 Å². The van der Waals surface area contributed by atoms with E-state index >= 15 is 0 Å². The second kappa shape index (κ2) is 7.18. The Morgan fingerprint density at radius 2 is 1.88 bits per heavy atom. The first-order valence-electron chi connectivity index (χ1n) is 7.39. The molecule has 2 aromatic carbocycles. The van der Waals surface area contributed by atoms with Crippen molar-refractivity contribution in [2.24, 2.45) is 0 Å². The third-order valence-corrected chi connectivity index (χ3v) is 4.48. The molecule has 0 saturated carbocycles. The third-order valence-electron chi connectivity index (χ3n) is 3.37. The molecule has 0 radical (unpaired) electrons. The summed E-state index contributed by atoms with van der Waals surface area (Å²) in [5, 5.41) is 9.47. The van der Waals surface area contributed by atoms with Gasteiger partial charge in [0.05, 0.1) is 0 Å². The molecule has 1 heterocycles. The van der Waals surface area contributed by atoms with Crippen molar-refractivity contribution in [3.8, 4) is 0 Å². The molecule has 3 aromatic rings. The second-order valence-electron chi connectivity index (χ2n) is 5.27. The van der Waals surface area contributed by atoms with Crippen LogP contribution in [0, 0.1) is 6.92 Å². The van der Waals surface area contributed by atoms with Crippen LogP contribution in [0.15, 0.2) is 59.8 Å². The number of hydrogen-bond donors (Lipinski definition) is 3. The van der Waals surface area contributed by atoms with Gasteiger partial charge in [-0.05, 0) is 24.6 Å². The van der Waals surface area contributed by atoms with Gasteiger partial charge in [0.15, 0.2) is 0 Å². The molecule has 4 N–H and O–H groups in total. The minimum absolute atomic E-state index is 0.140. The predicted octanol–water partition coefficient (Wildman–Crippen LogP) is 3.17. The highest BCUT2D eigenvalue weighted by Crippen LogP contribution is 2.34. The Morgan fingerprint density at radius 3 is 2.50 bits per heavy atom. The molecule has 1 unspecified atom stereocenters. The Morgan fingerprint density at radius 1 is 1.17 bits per heavy atom. The molecule has 0 aliphatic heterocycles. The topological polar surface area (TPSA) is 96.7 Å². The molecular weight excluding hydrogens is 322 g/mol. The molecule has 1 amide bonds. The van der Waals surface area contributed by atoms with Crippen molar-refractivity contribution in [3.05, 3.63) is 65.7 Å². The summed E-state index contributed by atoms with van der Waals surface area (Å²) in [4.78, 5) is 16.9. The van der Waals surface area contributed by atoms with Crippen LogP contribution in [0.4, 0.5) is 11.6 Å². The SMILES string of the molecule is Cc1ccc(NC(=O)C(Sc2n[nH]c(N)n2)c2ccccc2)cc1. The summed E-state index contributed by atoms with van der Waals surface area (Å²) >= 11 is 1.25. The number of thioether (sulfide) groups is 1. The zero-order chi connectivity index (χ0) is 16.9. The van der Waals surface area contributed by atoms with Gasteiger partial charge in [-0.1, -0.05) is 59.8 Å². The Balaban J connectivity index is 1.83. The van der Waals surface area contributed by atoms with E-state index in [0.717, 1.165) is 16.8 Å². The van der Waals surface area contributed by atoms with Crippen molar-refractivity contribution in [3.63, 3.8) is 0 Å². The van der Waals surface area contributed by atoms with Gasteiger partial charge in [-0.3, -0.25) is 4.79 Å². The Hall–Kier alpha value is -2.80. The zero-order valence-electron chi connectivity index (χ0n) is 13.1. The van der Waals surface area contributed by atoms with Crippen LogP contribution < -0.4 is 11.1 Å². The summed E-state index contributed by atoms with van der Waals surface area (Å²) < 4.78 is 0. The molecule has 1 atom stereocenters. The fourth-order valence-corrected chi connectivity index (χ4v) is 3.08. The molecular formula is C17H17N5OS. The first-order chi connectivity index (χ1) is 11.6. The molecule has 24 heavy (non-hydrogen) atoms. The van der Waals surface area contributed by atoms with E-state index in [2.05, 4.69) is 20.5 Å². The summed E-state index contributed by atoms with van der Waals surface area (Å²) in [6.45, 7) is 2.00. The number of nitrogens with two attached hydrogens (primary N) is 1. The number of carbonyl (C=O) groups is 1. The van der Waals surface area contributed by atoms with Crippen molar-refractivity contribution in [2.75, 3.05) is 11.1 Å². The number of aryl methyl sites for hydroxylation is 1. The summed E-state index contributed by atoms with van der Waals surface area (Å²) in [5.74, 6) is 0.0849. The molecule has 122 valence electrons. The molecule has 1 aromatic heterocycles. The van der Waals surface area contributed by atoms with Crippen molar-refractivity contribution in [1.82, 2.24) is 15.2 Å². The maximum absolute atomic E-state index is 12.8. The first kappa shape index (κ1) is 16.1. The number of aromatic amines is 1. The second-order valence-corrected chi connectivity index (χ2v) is 6.34.